The molecular weight excluding hydrogens is 288 g/mol. The number of hydrogen-bond acceptors (Lipinski definition) is 3. The van der Waals surface area contributed by atoms with Gasteiger partial charge in [-0.15, -0.1) is 11.8 Å². The summed E-state index contributed by atoms with van der Waals surface area (Å²) < 4.78 is 0. The molecule has 2 aromatic rings. The zero-order valence-corrected chi connectivity index (χ0v) is 13.8. The van der Waals surface area contributed by atoms with Gasteiger partial charge in [-0.2, -0.15) is 5.26 Å². The van der Waals surface area contributed by atoms with E-state index in [-0.39, 0.29) is 0 Å². The van der Waals surface area contributed by atoms with Gasteiger partial charge in [0.1, 0.15) is 0 Å². The van der Waals surface area contributed by atoms with Gasteiger partial charge in [0, 0.05) is 22.0 Å². The molecule has 112 valence electrons. The molecular formula is C19H20N2S. The van der Waals surface area contributed by atoms with Crippen LogP contribution in [-0.2, 0) is 0 Å². The minimum atomic E-state index is 0.681. The first-order valence-electron chi connectivity index (χ1n) is 7.37. The number of benzene rings is 2. The van der Waals surface area contributed by atoms with E-state index < -0.39 is 0 Å². The molecule has 0 bridgehead atoms. The Morgan fingerprint density at radius 3 is 2.64 bits per heavy atom. The fourth-order valence-electron chi connectivity index (χ4n) is 2.07. The average Bonchev–Trinajstić information content (AvgIpc) is 2.54. The molecule has 2 nitrogen and oxygen atoms in total. The second-order valence-corrected chi connectivity index (χ2v) is 6.11. The van der Waals surface area contributed by atoms with Crippen molar-refractivity contribution in [3.8, 4) is 6.07 Å². The zero-order chi connectivity index (χ0) is 15.8. The van der Waals surface area contributed by atoms with E-state index >= 15 is 0 Å². The average molecular weight is 308 g/mol. The third-order valence-corrected chi connectivity index (χ3v) is 4.20. The molecule has 0 aromatic heterocycles. The summed E-state index contributed by atoms with van der Waals surface area (Å²) in [7, 11) is 0. The first kappa shape index (κ1) is 16.2. The van der Waals surface area contributed by atoms with Crippen molar-refractivity contribution < 1.29 is 0 Å². The van der Waals surface area contributed by atoms with Crippen LogP contribution >= 0.6 is 11.8 Å². The maximum absolute atomic E-state index is 8.84. The second-order valence-electron chi connectivity index (χ2n) is 5.06. The third-order valence-electron chi connectivity index (χ3n) is 3.15. The molecule has 0 radical (unpaired) electrons. The third kappa shape index (κ3) is 4.98. The first-order chi connectivity index (χ1) is 10.7. The van der Waals surface area contributed by atoms with Crippen LogP contribution in [0.15, 0.2) is 65.2 Å². The summed E-state index contributed by atoms with van der Waals surface area (Å²) in [5.74, 6) is 0.900. The van der Waals surface area contributed by atoms with Crippen molar-refractivity contribution in [3.63, 3.8) is 0 Å². The lowest BCUT2D eigenvalue weighted by Crippen LogP contribution is -2.02. The van der Waals surface area contributed by atoms with Gasteiger partial charge in [0.2, 0.25) is 0 Å². The molecule has 0 aliphatic heterocycles. The van der Waals surface area contributed by atoms with Crippen molar-refractivity contribution in [2.24, 2.45) is 0 Å². The van der Waals surface area contributed by atoms with E-state index in [2.05, 4.69) is 55.6 Å². The number of nitriles is 1. The van der Waals surface area contributed by atoms with Crippen LogP contribution in [0.1, 0.15) is 24.5 Å². The highest BCUT2D eigenvalue weighted by Crippen LogP contribution is 2.23. The van der Waals surface area contributed by atoms with Crippen LogP contribution in [0.2, 0.25) is 0 Å². The van der Waals surface area contributed by atoms with Crippen molar-refractivity contribution in [1.29, 1.82) is 5.26 Å². The van der Waals surface area contributed by atoms with Crippen molar-refractivity contribution in [2.75, 3.05) is 11.1 Å². The van der Waals surface area contributed by atoms with Crippen LogP contribution in [0.25, 0.3) is 0 Å². The maximum atomic E-state index is 8.84. The number of aryl methyl sites for hydroxylation is 1. The van der Waals surface area contributed by atoms with Crippen LogP contribution in [0.5, 0.6) is 0 Å². The second kappa shape index (κ2) is 8.31. The molecule has 0 aliphatic rings. The van der Waals surface area contributed by atoms with Crippen LogP contribution in [-0.4, -0.2) is 5.75 Å². The van der Waals surface area contributed by atoms with E-state index in [1.54, 1.807) is 0 Å². The molecule has 2 aromatic carbocycles. The molecule has 0 aliphatic carbocycles. The molecule has 0 spiro atoms. The van der Waals surface area contributed by atoms with E-state index in [1.165, 1.54) is 16.2 Å². The summed E-state index contributed by atoms with van der Waals surface area (Å²) in [6.07, 6.45) is 3.20. The van der Waals surface area contributed by atoms with Gasteiger partial charge in [-0.1, -0.05) is 30.7 Å². The topological polar surface area (TPSA) is 35.8 Å². The Kier molecular flexibility index (Phi) is 6.12. The molecule has 2 rings (SSSR count). The first-order valence-corrected chi connectivity index (χ1v) is 8.35. The highest BCUT2D eigenvalue weighted by Gasteiger charge is 2.01. The molecule has 3 heteroatoms. The summed E-state index contributed by atoms with van der Waals surface area (Å²) in [5.41, 5.74) is 4.18. The fourth-order valence-corrected chi connectivity index (χ4v) is 3.03. The largest absolute Gasteiger partial charge is 0.358 e. The number of anilines is 1. The van der Waals surface area contributed by atoms with Crippen molar-refractivity contribution >= 4 is 17.4 Å². The number of hydrogen-bond donors (Lipinski definition) is 1. The number of nitrogens with zero attached hydrogens (tertiary/aromatic N) is 1. The molecule has 0 unspecified atom stereocenters. The number of nitrogens with one attached hydrogen (secondary N) is 1. The number of rotatable bonds is 6. The van der Waals surface area contributed by atoms with Gasteiger partial charge in [0.25, 0.3) is 0 Å². The van der Waals surface area contributed by atoms with E-state index in [1.807, 2.05) is 36.0 Å². The quantitative estimate of drug-likeness (QED) is 0.729. The minimum Gasteiger partial charge on any atom is -0.358 e. The zero-order valence-electron chi connectivity index (χ0n) is 13.0. The Bertz CT molecular complexity index is 681. The Morgan fingerprint density at radius 1 is 1.23 bits per heavy atom. The summed E-state index contributed by atoms with van der Waals surface area (Å²) >= 11 is 1.83. The molecule has 0 saturated carbocycles. The van der Waals surface area contributed by atoms with Gasteiger partial charge < -0.3 is 5.32 Å². The fraction of sp³-hybridized carbons (Fsp3) is 0.211. The monoisotopic (exact) mass is 308 g/mol. The van der Waals surface area contributed by atoms with Gasteiger partial charge in [-0.25, -0.2) is 0 Å². The van der Waals surface area contributed by atoms with Crippen LogP contribution < -0.4 is 5.32 Å². The lowest BCUT2D eigenvalue weighted by atomic mass is 10.2. The normalized spacial score (nSPS) is 11.0. The van der Waals surface area contributed by atoms with Crippen molar-refractivity contribution in [2.45, 2.75) is 25.2 Å². The Hall–Kier alpha value is -2.18. The van der Waals surface area contributed by atoms with E-state index in [0.29, 0.717) is 5.56 Å². The molecule has 0 amide bonds. The van der Waals surface area contributed by atoms with E-state index in [0.717, 1.165) is 17.9 Å². The molecule has 22 heavy (non-hydrogen) atoms. The maximum Gasteiger partial charge on any atom is 0.0991 e. The molecule has 1 N–H and O–H groups in total. The minimum absolute atomic E-state index is 0.681. The summed E-state index contributed by atoms with van der Waals surface area (Å²) in [6, 6.07) is 18.2. The van der Waals surface area contributed by atoms with Crippen LogP contribution in [0, 0.1) is 18.3 Å². The summed E-state index contributed by atoms with van der Waals surface area (Å²) in [6.45, 7) is 4.25. The molecule has 0 atom stereocenters. The number of thioether (sulfide) groups is 1. The summed E-state index contributed by atoms with van der Waals surface area (Å²) in [4.78, 5) is 1.28. The van der Waals surface area contributed by atoms with Crippen LogP contribution in [0.4, 0.5) is 5.69 Å². The lowest BCUT2D eigenvalue weighted by molar-refractivity contribution is 1.18. The highest BCUT2D eigenvalue weighted by molar-refractivity contribution is 7.99. The Morgan fingerprint density at radius 2 is 2.00 bits per heavy atom. The standard InChI is InChI=1S/C19H20N2S/c1-3-5-18(14-22-19-7-4-6-15(2)12-19)21-17-10-8-16(13-20)9-11-17/h4-12,21H,3,14H2,1-2H3/b18-5+. The molecule has 0 saturated heterocycles. The SMILES string of the molecule is CC/C=C(\CSc1cccc(C)c1)Nc1ccc(C#N)cc1. The van der Waals surface area contributed by atoms with Crippen LogP contribution in [0.3, 0.4) is 0 Å². The Balaban J connectivity index is 2.00. The van der Waals surface area contributed by atoms with E-state index in [9.17, 15) is 0 Å². The van der Waals surface area contributed by atoms with Gasteiger partial charge in [0.05, 0.1) is 11.6 Å². The lowest BCUT2D eigenvalue weighted by Gasteiger charge is -2.11. The predicted molar refractivity (Wildman–Crippen MR) is 95.1 cm³/mol. The van der Waals surface area contributed by atoms with E-state index in [4.69, 9.17) is 5.26 Å². The number of allylic oxidation sites excluding steroid dienone is 1. The summed E-state index contributed by atoms with van der Waals surface area (Å²) in [5, 5.41) is 12.3. The highest BCUT2D eigenvalue weighted by atomic mass is 32.2. The predicted octanol–water partition coefficient (Wildman–Crippen LogP) is 5.36. The van der Waals surface area contributed by atoms with Gasteiger partial charge >= 0.3 is 0 Å². The molecule has 0 heterocycles. The molecule has 0 fully saturated rings. The van der Waals surface area contributed by atoms with Crippen molar-refractivity contribution in [1.82, 2.24) is 0 Å². The van der Waals surface area contributed by atoms with Gasteiger partial charge in [-0.05, 0) is 49.7 Å². The van der Waals surface area contributed by atoms with Gasteiger partial charge in [0.15, 0.2) is 0 Å². The van der Waals surface area contributed by atoms with Crippen molar-refractivity contribution in [3.05, 3.63) is 71.4 Å². The smallest absolute Gasteiger partial charge is 0.0991 e. The Labute approximate surface area is 136 Å². The van der Waals surface area contributed by atoms with Gasteiger partial charge in [-0.3, -0.25) is 0 Å².